The Morgan fingerprint density at radius 2 is 1.14 bits per heavy atom. The lowest BCUT2D eigenvalue weighted by Crippen LogP contribution is -2.59. The average Bonchev–Trinajstić information content (AvgIpc) is 3.87. The zero-order valence-electron chi connectivity index (χ0n) is 40.2. The fourth-order valence-electron chi connectivity index (χ4n) is 12.4. The monoisotopic (exact) mass is 854 g/mol. The number of thiophene rings is 1. The van der Waals surface area contributed by atoms with Crippen LogP contribution in [0.1, 0.15) is 149 Å². The summed E-state index contributed by atoms with van der Waals surface area (Å²) in [7, 11) is 0. The number of hydrogen-bond donors (Lipinski definition) is 0. The molecule has 64 heavy (non-hydrogen) atoms. The molecule has 1 fully saturated rings. The fourth-order valence-corrected chi connectivity index (χ4v) is 13.7. The number of rotatable bonds is 1. The van der Waals surface area contributed by atoms with Crippen LogP contribution in [0.4, 0.5) is 17.1 Å². The molecule has 0 unspecified atom stereocenters. The quantitative estimate of drug-likeness (QED) is 0.149. The Kier molecular flexibility index (Phi) is 8.26. The molecular weight excluding hydrogens is 792 g/mol. The number of anilines is 3. The van der Waals surface area contributed by atoms with Crippen LogP contribution in [0, 0.1) is 0 Å². The topological polar surface area (TPSA) is 8.17 Å². The molecule has 0 bridgehead atoms. The summed E-state index contributed by atoms with van der Waals surface area (Å²) in [6, 6.07) is 42.1. The zero-order valence-corrected chi connectivity index (χ0v) is 41.0. The molecule has 0 N–H and O–H groups in total. The molecular formula is C60H63BN2S. The van der Waals surface area contributed by atoms with Gasteiger partial charge in [-0.1, -0.05) is 151 Å². The number of nitrogens with zero attached hydrogens (tertiary/aromatic N) is 2. The second-order valence-electron chi connectivity index (χ2n) is 24.2. The van der Waals surface area contributed by atoms with E-state index in [0.717, 1.165) is 0 Å². The van der Waals surface area contributed by atoms with Crippen LogP contribution in [0.25, 0.3) is 48.7 Å². The van der Waals surface area contributed by atoms with Gasteiger partial charge in [-0.15, -0.1) is 11.3 Å². The summed E-state index contributed by atoms with van der Waals surface area (Å²) in [5.41, 5.74) is 22.4. The van der Waals surface area contributed by atoms with Crippen LogP contribution >= 0.6 is 11.3 Å². The zero-order chi connectivity index (χ0) is 44.6. The third kappa shape index (κ3) is 5.57. The molecule has 2 nitrogen and oxygen atoms in total. The predicted molar refractivity (Wildman–Crippen MR) is 280 cm³/mol. The molecule has 4 heteroatoms. The first kappa shape index (κ1) is 40.5. The number of aromatic nitrogens is 1. The first-order valence-electron chi connectivity index (χ1n) is 24.2. The molecule has 2 aliphatic carbocycles. The molecule has 1 saturated carbocycles. The highest BCUT2D eigenvalue weighted by molar-refractivity contribution is 7.33. The maximum Gasteiger partial charge on any atom is 0.264 e. The van der Waals surface area contributed by atoms with Gasteiger partial charge in [0, 0.05) is 53.6 Å². The van der Waals surface area contributed by atoms with Crippen molar-refractivity contribution in [2.24, 2.45) is 0 Å². The van der Waals surface area contributed by atoms with Gasteiger partial charge in [0.1, 0.15) is 0 Å². The van der Waals surface area contributed by atoms with Gasteiger partial charge in [-0.3, -0.25) is 0 Å². The molecule has 8 aromatic rings. The Bertz CT molecular complexity index is 3300. The van der Waals surface area contributed by atoms with Gasteiger partial charge < -0.3 is 9.47 Å². The van der Waals surface area contributed by atoms with Gasteiger partial charge in [0.15, 0.2) is 0 Å². The van der Waals surface area contributed by atoms with E-state index in [1.807, 2.05) is 11.3 Å². The van der Waals surface area contributed by atoms with Crippen molar-refractivity contribution in [1.82, 2.24) is 4.57 Å². The number of benzene rings is 6. The van der Waals surface area contributed by atoms with Crippen LogP contribution in [0.15, 0.2) is 103 Å². The Balaban J connectivity index is 1.24. The van der Waals surface area contributed by atoms with Crippen LogP contribution in [0.5, 0.6) is 0 Å². The predicted octanol–water partition coefficient (Wildman–Crippen LogP) is 15.0. The molecule has 1 spiro atoms. The molecule has 6 aromatic carbocycles. The van der Waals surface area contributed by atoms with E-state index in [2.05, 4.69) is 196 Å². The standard InChI is InChI=1S/C60H63BN2S/c1-56(2,3)35-20-24-48-42(28-35)43-30-37(58(7,8)9)31-47-53(43)63(48)50-33-38(59(10,11)12)32-49-52(50)61(47)55-54(44-29-36(57(4,5)6)21-25-51(44)64-55)62(49)39-22-23-41-40-18-14-15-19-45(40)60(46(41)34-39)26-16-13-17-27-60/h14-15,18-25,28-34H,13,16-17,26-27H2,1-12H3. The smallest absolute Gasteiger partial charge is 0.264 e. The van der Waals surface area contributed by atoms with E-state index in [4.69, 9.17) is 0 Å². The van der Waals surface area contributed by atoms with Crippen molar-refractivity contribution in [2.75, 3.05) is 4.90 Å². The molecule has 4 heterocycles. The minimum absolute atomic E-state index is 0.0184. The summed E-state index contributed by atoms with van der Waals surface area (Å²) < 4.78 is 5.53. The lowest BCUT2D eigenvalue weighted by Gasteiger charge is -2.41. The van der Waals surface area contributed by atoms with Gasteiger partial charge in [-0.25, -0.2) is 0 Å². The largest absolute Gasteiger partial charge is 0.310 e. The lowest BCUT2D eigenvalue weighted by molar-refractivity contribution is 0.353. The second-order valence-corrected chi connectivity index (χ2v) is 25.3. The molecule has 12 rings (SSSR count). The third-order valence-corrected chi connectivity index (χ3v) is 17.2. The van der Waals surface area contributed by atoms with E-state index < -0.39 is 0 Å². The van der Waals surface area contributed by atoms with Gasteiger partial charge in [0.05, 0.1) is 11.2 Å². The van der Waals surface area contributed by atoms with Crippen molar-refractivity contribution >= 4 is 82.7 Å². The minimum Gasteiger partial charge on any atom is -0.310 e. The van der Waals surface area contributed by atoms with Gasteiger partial charge in [0.25, 0.3) is 6.71 Å². The summed E-state index contributed by atoms with van der Waals surface area (Å²) in [6.07, 6.45) is 6.34. The molecule has 2 aliphatic heterocycles. The van der Waals surface area contributed by atoms with Crippen molar-refractivity contribution in [3.05, 3.63) is 137 Å². The van der Waals surface area contributed by atoms with Crippen LogP contribution in [0.3, 0.4) is 0 Å². The second kappa shape index (κ2) is 13.1. The van der Waals surface area contributed by atoms with Crippen molar-refractivity contribution in [3.63, 3.8) is 0 Å². The molecule has 0 atom stereocenters. The van der Waals surface area contributed by atoms with Crippen molar-refractivity contribution < 1.29 is 0 Å². The van der Waals surface area contributed by atoms with Crippen molar-refractivity contribution in [2.45, 2.75) is 142 Å². The van der Waals surface area contributed by atoms with Crippen molar-refractivity contribution in [1.29, 1.82) is 0 Å². The van der Waals surface area contributed by atoms with Crippen LogP contribution in [0.2, 0.25) is 0 Å². The number of hydrogen-bond acceptors (Lipinski definition) is 2. The maximum atomic E-state index is 2.75. The molecule has 4 aliphatic rings. The SMILES string of the molecule is CC(C)(C)c1cc2c3c(c1)-n1c4ccc(C(C)(C)C)cc4c4cc(C(C)(C)C)cc(c41)B3c1sc3ccc(C(C)(C)C)cc3c1N2c1ccc2c(c1)C1(CCCCC1)c1ccccc1-2. The van der Waals surface area contributed by atoms with E-state index in [9.17, 15) is 0 Å². The summed E-state index contributed by atoms with van der Waals surface area (Å²) >= 11 is 2.04. The Morgan fingerprint density at radius 1 is 0.531 bits per heavy atom. The van der Waals surface area contributed by atoms with Gasteiger partial charge in [-0.2, -0.15) is 0 Å². The van der Waals surface area contributed by atoms with Gasteiger partial charge >= 0.3 is 0 Å². The van der Waals surface area contributed by atoms with E-state index in [1.54, 1.807) is 11.1 Å². The van der Waals surface area contributed by atoms with E-state index in [-0.39, 0.29) is 33.8 Å². The maximum absolute atomic E-state index is 2.75. The normalized spacial score (nSPS) is 16.5. The Morgan fingerprint density at radius 3 is 1.84 bits per heavy atom. The molecule has 0 amide bonds. The highest BCUT2D eigenvalue weighted by Gasteiger charge is 2.48. The molecule has 0 saturated heterocycles. The highest BCUT2D eigenvalue weighted by Crippen LogP contribution is 2.58. The molecule has 2 aromatic heterocycles. The molecule has 0 radical (unpaired) electrons. The fraction of sp³-hybridized carbons (Fsp3) is 0.367. The third-order valence-electron chi connectivity index (χ3n) is 16.0. The van der Waals surface area contributed by atoms with Crippen LogP contribution in [-0.4, -0.2) is 11.3 Å². The minimum atomic E-state index is -0.0767. The number of fused-ring (bicyclic) bond motifs is 14. The van der Waals surface area contributed by atoms with E-state index in [1.165, 1.54) is 136 Å². The molecule has 322 valence electrons. The summed E-state index contributed by atoms with van der Waals surface area (Å²) in [4.78, 5) is 2.75. The highest BCUT2D eigenvalue weighted by atomic mass is 32.1. The summed E-state index contributed by atoms with van der Waals surface area (Å²) in [5, 5.41) is 4.12. The van der Waals surface area contributed by atoms with Gasteiger partial charge in [-0.05, 0) is 145 Å². The van der Waals surface area contributed by atoms with Crippen LogP contribution < -0.4 is 20.6 Å². The van der Waals surface area contributed by atoms with E-state index in [0.29, 0.717) is 0 Å². The lowest BCUT2D eigenvalue weighted by atomic mass is 9.36. The first-order valence-corrected chi connectivity index (χ1v) is 25.0. The Labute approximate surface area is 385 Å². The van der Waals surface area contributed by atoms with Gasteiger partial charge in [0.2, 0.25) is 0 Å². The van der Waals surface area contributed by atoms with Crippen molar-refractivity contribution in [3.8, 4) is 16.8 Å². The van der Waals surface area contributed by atoms with Crippen LogP contribution in [-0.2, 0) is 27.1 Å². The van der Waals surface area contributed by atoms with E-state index >= 15 is 0 Å². The summed E-state index contributed by atoms with van der Waals surface area (Å²) in [6.45, 7) is 28.6. The first-order chi connectivity index (χ1) is 30.2. The average molecular weight is 855 g/mol. The Hall–Kier alpha value is -5.06. The summed E-state index contributed by atoms with van der Waals surface area (Å²) in [5.74, 6) is 0.